The number of hydrogen-bond acceptors (Lipinski definition) is 3. The molecule has 20 heavy (non-hydrogen) atoms. The number of nitrogens with two attached hydrogens (primary N) is 1. The molecule has 0 aliphatic rings. The molecule has 1 atom stereocenters. The Hall–Kier alpha value is -1.37. The number of thiophene rings is 1. The van der Waals surface area contributed by atoms with Gasteiger partial charge in [-0.1, -0.05) is 12.1 Å². The fraction of sp³-hybridized carbons (Fsp3) is 0.214. The highest BCUT2D eigenvalue weighted by molar-refractivity contribution is 9.10. The molecule has 1 aromatic heterocycles. The van der Waals surface area contributed by atoms with Crippen LogP contribution in [-0.4, -0.2) is 6.03 Å². The maximum absolute atomic E-state index is 11.8. The molecule has 0 bridgehead atoms. The summed E-state index contributed by atoms with van der Waals surface area (Å²) in [6.45, 7) is 2.43. The summed E-state index contributed by atoms with van der Waals surface area (Å²) in [7, 11) is 0. The quantitative estimate of drug-likeness (QED) is 0.781. The van der Waals surface area contributed by atoms with Gasteiger partial charge < -0.3 is 16.4 Å². The molecule has 4 N–H and O–H groups in total. The van der Waals surface area contributed by atoms with Gasteiger partial charge in [0.1, 0.15) is 0 Å². The van der Waals surface area contributed by atoms with Crippen molar-refractivity contribution in [2.75, 3.05) is 5.32 Å². The molecule has 106 valence electrons. The molecule has 0 aliphatic heterocycles. The number of benzene rings is 1. The van der Waals surface area contributed by atoms with E-state index in [1.807, 2.05) is 42.6 Å². The van der Waals surface area contributed by atoms with E-state index >= 15 is 0 Å². The summed E-state index contributed by atoms with van der Waals surface area (Å²) >= 11 is 5.03. The second kappa shape index (κ2) is 6.88. The van der Waals surface area contributed by atoms with Gasteiger partial charge in [0.25, 0.3) is 0 Å². The van der Waals surface area contributed by atoms with E-state index in [1.165, 1.54) is 0 Å². The van der Waals surface area contributed by atoms with Crippen molar-refractivity contribution in [3.8, 4) is 0 Å². The van der Waals surface area contributed by atoms with E-state index in [9.17, 15) is 4.79 Å². The van der Waals surface area contributed by atoms with Crippen LogP contribution in [0.3, 0.4) is 0 Å². The van der Waals surface area contributed by atoms with E-state index in [0.717, 1.165) is 20.6 Å². The lowest BCUT2D eigenvalue weighted by Crippen LogP contribution is -2.27. The molecule has 1 aromatic carbocycles. The van der Waals surface area contributed by atoms with Crippen molar-refractivity contribution in [2.24, 2.45) is 5.73 Å². The zero-order chi connectivity index (χ0) is 14.5. The predicted octanol–water partition coefficient (Wildman–Crippen LogP) is 3.85. The molecule has 0 radical (unpaired) electrons. The normalized spacial score (nSPS) is 11.9. The van der Waals surface area contributed by atoms with E-state index < -0.39 is 0 Å². The Kier molecular flexibility index (Phi) is 5.17. The molecule has 0 spiro atoms. The lowest BCUT2D eigenvalue weighted by molar-refractivity contribution is 0.252. The second-order valence-electron chi connectivity index (χ2n) is 4.41. The van der Waals surface area contributed by atoms with Gasteiger partial charge in [-0.05, 0) is 52.0 Å². The van der Waals surface area contributed by atoms with Crippen LogP contribution >= 0.6 is 27.3 Å². The van der Waals surface area contributed by atoms with Crippen LogP contribution in [0.4, 0.5) is 10.5 Å². The summed E-state index contributed by atoms with van der Waals surface area (Å²) in [5, 5.41) is 7.58. The van der Waals surface area contributed by atoms with Crippen LogP contribution in [-0.2, 0) is 6.54 Å². The number of hydrogen-bond donors (Lipinski definition) is 3. The first-order chi connectivity index (χ1) is 9.56. The number of urea groups is 1. The van der Waals surface area contributed by atoms with Gasteiger partial charge in [-0.3, -0.25) is 0 Å². The van der Waals surface area contributed by atoms with Gasteiger partial charge in [-0.15, -0.1) is 11.3 Å². The first-order valence-corrected chi connectivity index (χ1v) is 7.86. The van der Waals surface area contributed by atoms with Crippen LogP contribution in [0.25, 0.3) is 0 Å². The molecule has 2 rings (SSSR count). The van der Waals surface area contributed by atoms with Crippen molar-refractivity contribution in [1.82, 2.24) is 5.32 Å². The number of amides is 2. The zero-order valence-electron chi connectivity index (χ0n) is 11.0. The minimum Gasteiger partial charge on any atom is -0.333 e. The minimum absolute atomic E-state index is 0.00550. The number of carbonyl (C=O) groups is 1. The highest BCUT2D eigenvalue weighted by Gasteiger charge is 2.05. The van der Waals surface area contributed by atoms with E-state index in [4.69, 9.17) is 5.73 Å². The fourth-order valence-electron chi connectivity index (χ4n) is 1.66. The Morgan fingerprint density at radius 3 is 2.60 bits per heavy atom. The molecular formula is C14H16BrN3OS. The number of nitrogens with one attached hydrogen (secondary N) is 2. The maximum atomic E-state index is 11.8. The highest BCUT2D eigenvalue weighted by Crippen LogP contribution is 2.22. The summed E-state index contributed by atoms with van der Waals surface area (Å²) in [5.74, 6) is 0. The number of anilines is 1. The Bertz CT molecular complexity index is 580. The third-order valence-electron chi connectivity index (χ3n) is 2.79. The van der Waals surface area contributed by atoms with Gasteiger partial charge in [0.2, 0.25) is 0 Å². The molecule has 1 unspecified atom stereocenters. The number of halogens is 1. The Labute approximate surface area is 130 Å². The lowest BCUT2D eigenvalue weighted by Gasteiger charge is -2.09. The SMILES string of the molecule is CC(N)c1ccc(NC(=O)NCc2sccc2Br)cc1. The maximum Gasteiger partial charge on any atom is 0.319 e. The predicted molar refractivity (Wildman–Crippen MR) is 86.9 cm³/mol. The van der Waals surface area contributed by atoms with Crippen LogP contribution in [0.5, 0.6) is 0 Å². The second-order valence-corrected chi connectivity index (χ2v) is 6.27. The summed E-state index contributed by atoms with van der Waals surface area (Å²) in [6.07, 6.45) is 0. The zero-order valence-corrected chi connectivity index (χ0v) is 13.4. The molecule has 0 saturated carbocycles. The van der Waals surface area contributed by atoms with Gasteiger partial charge in [0, 0.05) is 21.1 Å². The summed E-state index contributed by atoms with van der Waals surface area (Å²) in [6, 6.07) is 9.25. The smallest absolute Gasteiger partial charge is 0.319 e. The molecule has 6 heteroatoms. The average molecular weight is 354 g/mol. The fourth-order valence-corrected chi connectivity index (χ4v) is 3.09. The molecule has 0 saturated heterocycles. The molecule has 0 fully saturated rings. The van der Waals surface area contributed by atoms with Crippen LogP contribution in [0.1, 0.15) is 23.4 Å². The third kappa shape index (κ3) is 4.06. The third-order valence-corrected chi connectivity index (χ3v) is 4.72. The van der Waals surface area contributed by atoms with E-state index in [-0.39, 0.29) is 12.1 Å². The van der Waals surface area contributed by atoms with Gasteiger partial charge >= 0.3 is 6.03 Å². The summed E-state index contributed by atoms with van der Waals surface area (Å²) in [5.41, 5.74) is 7.57. The first-order valence-electron chi connectivity index (χ1n) is 6.18. The average Bonchev–Trinajstić information content (AvgIpc) is 2.82. The Morgan fingerprint density at radius 2 is 2.05 bits per heavy atom. The topological polar surface area (TPSA) is 67.1 Å². The van der Waals surface area contributed by atoms with Gasteiger partial charge in [-0.25, -0.2) is 4.79 Å². The monoisotopic (exact) mass is 353 g/mol. The molecular weight excluding hydrogens is 338 g/mol. The van der Waals surface area contributed by atoms with E-state index in [1.54, 1.807) is 11.3 Å². The minimum atomic E-state index is -0.223. The lowest BCUT2D eigenvalue weighted by atomic mass is 10.1. The first kappa shape index (κ1) is 15.0. The van der Waals surface area contributed by atoms with Gasteiger partial charge in [0.15, 0.2) is 0 Å². The van der Waals surface area contributed by atoms with Crippen molar-refractivity contribution < 1.29 is 4.79 Å². The molecule has 2 amide bonds. The van der Waals surface area contributed by atoms with Gasteiger partial charge in [0.05, 0.1) is 6.54 Å². The number of rotatable bonds is 4. The number of carbonyl (C=O) groups excluding carboxylic acids is 1. The molecule has 4 nitrogen and oxygen atoms in total. The van der Waals surface area contributed by atoms with Crippen molar-refractivity contribution in [3.63, 3.8) is 0 Å². The van der Waals surface area contributed by atoms with Crippen LogP contribution in [0.2, 0.25) is 0 Å². The summed E-state index contributed by atoms with van der Waals surface area (Å²) in [4.78, 5) is 12.9. The van der Waals surface area contributed by atoms with E-state index in [0.29, 0.717) is 6.54 Å². The van der Waals surface area contributed by atoms with Crippen molar-refractivity contribution in [3.05, 3.63) is 50.6 Å². The van der Waals surface area contributed by atoms with Crippen molar-refractivity contribution in [1.29, 1.82) is 0 Å². The summed E-state index contributed by atoms with van der Waals surface area (Å²) < 4.78 is 1.02. The van der Waals surface area contributed by atoms with Crippen LogP contribution in [0.15, 0.2) is 40.2 Å². The standard InChI is InChI=1S/C14H16BrN3OS/c1-9(16)10-2-4-11(5-3-10)18-14(19)17-8-13-12(15)6-7-20-13/h2-7,9H,8,16H2,1H3,(H2,17,18,19). The van der Waals surface area contributed by atoms with Crippen LogP contribution < -0.4 is 16.4 Å². The molecule has 1 heterocycles. The van der Waals surface area contributed by atoms with Gasteiger partial charge in [-0.2, -0.15) is 0 Å². The highest BCUT2D eigenvalue weighted by atomic mass is 79.9. The Morgan fingerprint density at radius 1 is 1.35 bits per heavy atom. The van der Waals surface area contributed by atoms with Crippen LogP contribution in [0, 0.1) is 0 Å². The van der Waals surface area contributed by atoms with Crippen molar-refractivity contribution >= 4 is 39.0 Å². The van der Waals surface area contributed by atoms with Crippen molar-refractivity contribution in [2.45, 2.75) is 19.5 Å². The molecule has 2 aromatic rings. The van der Waals surface area contributed by atoms with E-state index in [2.05, 4.69) is 26.6 Å². The molecule has 0 aliphatic carbocycles. The largest absolute Gasteiger partial charge is 0.333 e. The Balaban J connectivity index is 1.86.